The summed E-state index contributed by atoms with van der Waals surface area (Å²) in [6, 6.07) is 5.96. The standard InChI is InChI=1S/C20H28ClN3O/c1-14-5-9-20(2,10-6-14)23-11-7-16(8-12-23)24-18-4-3-15(21)13-17(18)22-19(24)25/h3-4,13-14,16H,5-12H2,1-2H3,(H,22,25)/t14-,20-. The number of benzene rings is 1. The SMILES string of the molecule is C[C@H]1CC[C@](C)(N2CCC(n3c(=O)[nH]c4cc(Cl)ccc43)CC2)CC1. The molecule has 0 unspecified atom stereocenters. The summed E-state index contributed by atoms with van der Waals surface area (Å²) in [7, 11) is 0. The lowest BCUT2D eigenvalue weighted by Gasteiger charge is -2.48. The number of nitrogens with zero attached hydrogens (tertiary/aromatic N) is 2. The fourth-order valence-electron chi connectivity index (χ4n) is 4.83. The molecule has 2 aromatic rings. The second kappa shape index (κ2) is 6.48. The number of rotatable bonds is 2. The number of imidazole rings is 1. The van der Waals surface area contributed by atoms with Gasteiger partial charge in [-0.2, -0.15) is 0 Å². The molecule has 1 aliphatic carbocycles. The molecule has 4 rings (SSSR count). The van der Waals surface area contributed by atoms with Crippen LogP contribution in [0.1, 0.15) is 58.4 Å². The van der Waals surface area contributed by atoms with E-state index in [-0.39, 0.29) is 11.7 Å². The molecule has 5 heteroatoms. The van der Waals surface area contributed by atoms with Crippen molar-refractivity contribution in [1.82, 2.24) is 14.5 Å². The zero-order valence-corrected chi connectivity index (χ0v) is 16.0. The molecule has 0 amide bonds. The molecule has 1 saturated heterocycles. The van der Waals surface area contributed by atoms with E-state index in [0.29, 0.717) is 10.6 Å². The zero-order chi connectivity index (χ0) is 17.6. The lowest BCUT2D eigenvalue weighted by molar-refractivity contribution is 0.0263. The second-order valence-electron chi connectivity index (χ2n) is 8.36. The van der Waals surface area contributed by atoms with Gasteiger partial charge in [0.05, 0.1) is 11.0 Å². The Morgan fingerprint density at radius 3 is 2.52 bits per heavy atom. The van der Waals surface area contributed by atoms with Crippen molar-refractivity contribution >= 4 is 22.6 Å². The molecular weight excluding hydrogens is 334 g/mol. The van der Waals surface area contributed by atoms with Crippen molar-refractivity contribution in [2.24, 2.45) is 5.92 Å². The van der Waals surface area contributed by atoms with Crippen molar-refractivity contribution in [3.05, 3.63) is 33.7 Å². The molecule has 25 heavy (non-hydrogen) atoms. The third-order valence-corrected chi connectivity index (χ3v) is 6.86. The Bertz CT molecular complexity index is 808. The van der Waals surface area contributed by atoms with E-state index in [4.69, 9.17) is 11.6 Å². The lowest BCUT2D eigenvalue weighted by Crippen LogP contribution is -2.52. The van der Waals surface area contributed by atoms with Crippen LogP contribution >= 0.6 is 11.6 Å². The largest absolute Gasteiger partial charge is 0.326 e. The van der Waals surface area contributed by atoms with Crippen LogP contribution in [0.4, 0.5) is 0 Å². The predicted octanol–water partition coefficient (Wildman–Crippen LogP) is 4.59. The Morgan fingerprint density at radius 1 is 1.16 bits per heavy atom. The molecule has 1 aromatic heterocycles. The summed E-state index contributed by atoms with van der Waals surface area (Å²) in [6.45, 7) is 6.99. The summed E-state index contributed by atoms with van der Waals surface area (Å²) in [5.74, 6) is 0.877. The van der Waals surface area contributed by atoms with Crippen LogP contribution in [0.5, 0.6) is 0 Å². The molecule has 0 atom stereocenters. The van der Waals surface area contributed by atoms with E-state index in [1.54, 1.807) is 0 Å². The number of fused-ring (bicyclic) bond motifs is 1. The second-order valence-corrected chi connectivity index (χ2v) is 8.80. The van der Waals surface area contributed by atoms with E-state index in [0.717, 1.165) is 42.9 Å². The quantitative estimate of drug-likeness (QED) is 0.849. The zero-order valence-electron chi connectivity index (χ0n) is 15.2. The molecule has 0 spiro atoms. The maximum Gasteiger partial charge on any atom is 0.326 e. The summed E-state index contributed by atoms with van der Waals surface area (Å²) in [5, 5.41) is 0.662. The Kier molecular flexibility index (Phi) is 4.45. The normalized spacial score (nSPS) is 29.3. The maximum absolute atomic E-state index is 12.5. The van der Waals surface area contributed by atoms with Gasteiger partial charge in [0.2, 0.25) is 0 Å². The highest BCUT2D eigenvalue weighted by Gasteiger charge is 2.37. The van der Waals surface area contributed by atoms with E-state index < -0.39 is 0 Å². The molecule has 4 nitrogen and oxygen atoms in total. The number of hydrogen-bond donors (Lipinski definition) is 1. The maximum atomic E-state index is 12.5. The van der Waals surface area contributed by atoms with Crippen molar-refractivity contribution in [1.29, 1.82) is 0 Å². The summed E-state index contributed by atoms with van der Waals surface area (Å²) < 4.78 is 1.95. The topological polar surface area (TPSA) is 41.0 Å². The predicted molar refractivity (Wildman–Crippen MR) is 103 cm³/mol. The van der Waals surface area contributed by atoms with Crippen LogP contribution in [0.2, 0.25) is 5.02 Å². The lowest BCUT2D eigenvalue weighted by atomic mass is 9.76. The molecular formula is C20H28ClN3O. The molecule has 1 aliphatic heterocycles. The minimum atomic E-state index is -0.00609. The first-order valence-electron chi connectivity index (χ1n) is 9.61. The van der Waals surface area contributed by atoms with Crippen LogP contribution in [0.3, 0.4) is 0 Å². The number of likely N-dealkylation sites (tertiary alicyclic amines) is 1. The van der Waals surface area contributed by atoms with Crippen molar-refractivity contribution in [3.8, 4) is 0 Å². The number of aromatic nitrogens is 2. The smallest absolute Gasteiger partial charge is 0.305 e. The van der Waals surface area contributed by atoms with Gasteiger partial charge in [0.1, 0.15) is 0 Å². The van der Waals surface area contributed by atoms with Crippen LogP contribution in [0, 0.1) is 5.92 Å². The van der Waals surface area contributed by atoms with Crippen LogP contribution < -0.4 is 5.69 Å². The van der Waals surface area contributed by atoms with Gasteiger partial charge in [-0.15, -0.1) is 0 Å². The average molecular weight is 362 g/mol. The summed E-state index contributed by atoms with van der Waals surface area (Å²) in [6.07, 6.45) is 7.40. The first kappa shape index (κ1) is 17.2. The van der Waals surface area contributed by atoms with Crippen molar-refractivity contribution in [3.63, 3.8) is 0 Å². The van der Waals surface area contributed by atoms with E-state index >= 15 is 0 Å². The van der Waals surface area contributed by atoms with Gasteiger partial charge in [-0.25, -0.2) is 4.79 Å². The Labute approximate surface area is 154 Å². The molecule has 1 N–H and O–H groups in total. The van der Waals surface area contributed by atoms with Crippen LogP contribution in [-0.2, 0) is 0 Å². The van der Waals surface area contributed by atoms with Crippen LogP contribution in [0.25, 0.3) is 11.0 Å². The van der Waals surface area contributed by atoms with Crippen molar-refractivity contribution in [2.45, 2.75) is 64.0 Å². The number of piperidine rings is 1. The Balaban J connectivity index is 1.51. The molecule has 2 heterocycles. The summed E-state index contributed by atoms with van der Waals surface area (Å²) >= 11 is 6.06. The highest BCUT2D eigenvalue weighted by Crippen LogP contribution is 2.38. The van der Waals surface area contributed by atoms with E-state index in [1.165, 1.54) is 25.7 Å². The number of nitrogens with one attached hydrogen (secondary N) is 1. The minimum absolute atomic E-state index is 0.00609. The van der Waals surface area contributed by atoms with Crippen LogP contribution in [0.15, 0.2) is 23.0 Å². The third-order valence-electron chi connectivity index (χ3n) is 6.62. The van der Waals surface area contributed by atoms with Gasteiger partial charge in [-0.05, 0) is 69.6 Å². The third kappa shape index (κ3) is 3.15. The summed E-state index contributed by atoms with van der Waals surface area (Å²) in [5.41, 5.74) is 2.17. The Hall–Kier alpha value is -1.26. The van der Waals surface area contributed by atoms with Crippen molar-refractivity contribution in [2.75, 3.05) is 13.1 Å². The number of H-pyrrole nitrogens is 1. The average Bonchev–Trinajstić information content (AvgIpc) is 2.92. The van der Waals surface area contributed by atoms with E-state index in [1.807, 2.05) is 22.8 Å². The van der Waals surface area contributed by atoms with E-state index in [9.17, 15) is 4.79 Å². The highest BCUT2D eigenvalue weighted by molar-refractivity contribution is 6.31. The van der Waals surface area contributed by atoms with Crippen LogP contribution in [-0.4, -0.2) is 33.1 Å². The van der Waals surface area contributed by atoms with Gasteiger partial charge in [0.15, 0.2) is 0 Å². The number of aromatic amines is 1. The molecule has 1 aromatic carbocycles. The molecule has 2 aliphatic rings. The van der Waals surface area contributed by atoms with Gasteiger partial charge in [-0.3, -0.25) is 9.47 Å². The molecule has 2 fully saturated rings. The monoisotopic (exact) mass is 361 g/mol. The molecule has 136 valence electrons. The summed E-state index contributed by atoms with van der Waals surface area (Å²) in [4.78, 5) is 18.1. The fourth-order valence-corrected chi connectivity index (χ4v) is 5.00. The first-order chi connectivity index (χ1) is 12.0. The number of hydrogen-bond acceptors (Lipinski definition) is 2. The molecule has 0 bridgehead atoms. The molecule has 1 saturated carbocycles. The van der Waals surface area contributed by atoms with Gasteiger partial charge in [-0.1, -0.05) is 18.5 Å². The Morgan fingerprint density at radius 2 is 1.84 bits per heavy atom. The fraction of sp³-hybridized carbons (Fsp3) is 0.650. The van der Waals surface area contributed by atoms with Gasteiger partial charge < -0.3 is 4.98 Å². The van der Waals surface area contributed by atoms with Gasteiger partial charge in [0.25, 0.3) is 0 Å². The number of halogens is 1. The first-order valence-corrected chi connectivity index (χ1v) is 9.99. The van der Waals surface area contributed by atoms with E-state index in [2.05, 4.69) is 23.7 Å². The molecule has 0 radical (unpaired) electrons. The van der Waals surface area contributed by atoms with Gasteiger partial charge >= 0.3 is 5.69 Å². The highest BCUT2D eigenvalue weighted by atomic mass is 35.5. The van der Waals surface area contributed by atoms with Crippen molar-refractivity contribution < 1.29 is 0 Å². The van der Waals surface area contributed by atoms with Gasteiger partial charge in [0, 0.05) is 29.7 Å². The minimum Gasteiger partial charge on any atom is -0.305 e.